The lowest BCUT2D eigenvalue weighted by molar-refractivity contribution is 0.600. The van der Waals surface area contributed by atoms with E-state index in [4.69, 9.17) is 11.6 Å². The Morgan fingerprint density at radius 3 is 2.48 bits per heavy atom. The fraction of sp³-hybridized carbons (Fsp3) is 0.143. The molecule has 21 heavy (non-hydrogen) atoms. The summed E-state index contributed by atoms with van der Waals surface area (Å²) in [5.41, 5.74) is 1.55. The third-order valence-electron chi connectivity index (χ3n) is 2.88. The molecular formula is C14H12BrClFNO2S. The van der Waals surface area contributed by atoms with Crippen molar-refractivity contribution in [2.45, 2.75) is 18.7 Å². The SMILES string of the molecule is Cc1ccc(C)c(S(=O)(=O)Nc2c(Cl)cc(F)cc2Br)c1. The summed E-state index contributed by atoms with van der Waals surface area (Å²) < 4.78 is 40.8. The molecule has 0 radical (unpaired) electrons. The highest BCUT2D eigenvalue weighted by Gasteiger charge is 2.20. The van der Waals surface area contributed by atoms with E-state index in [1.165, 1.54) is 0 Å². The Hall–Kier alpha value is -1.11. The maximum absolute atomic E-state index is 13.2. The van der Waals surface area contributed by atoms with Gasteiger partial charge in [-0.15, -0.1) is 0 Å². The van der Waals surface area contributed by atoms with Gasteiger partial charge in [-0.1, -0.05) is 23.7 Å². The van der Waals surface area contributed by atoms with Gasteiger partial charge < -0.3 is 0 Å². The number of hydrogen-bond acceptors (Lipinski definition) is 2. The molecule has 7 heteroatoms. The molecule has 0 amide bonds. The molecule has 1 N–H and O–H groups in total. The van der Waals surface area contributed by atoms with E-state index in [1.807, 2.05) is 6.07 Å². The molecule has 0 aliphatic heterocycles. The third kappa shape index (κ3) is 3.56. The first-order valence-electron chi connectivity index (χ1n) is 5.95. The summed E-state index contributed by atoms with van der Waals surface area (Å²) in [5, 5.41) is -0.0178. The zero-order chi connectivity index (χ0) is 15.8. The van der Waals surface area contributed by atoms with Gasteiger partial charge in [0.1, 0.15) is 5.82 Å². The summed E-state index contributed by atoms with van der Waals surface area (Å²) in [4.78, 5) is 0.162. The second-order valence-electron chi connectivity index (χ2n) is 4.62. The second-order valence-corrected chi connectivity index (χ2v) is 7.53. The van der Waals surface area contributed by atoms with E-state index in [0.717, 1.165) is 17.7 Å². The smallest absolute Gasteiger partial charge is 0.262 e. The van der Waals surface area contributed by atoms with Gasteiger partial charge in [0.05, 0.1) is 15.6 Å². The van der Waals surface area contributed by atoms with Crippen LogP contribution in [0.25, 0.3) is 0 Å². The normalized spacial score (nSPS) is 11.5. The van der Waals surface area contributed by atoms with Gasteiger partial charge >= 0.3 is 0 Å². The van der Waals surface area contributed by atoms with Gasteiger partial charge in [0.2, 0.25) is 0 Å². The van der Waals surface area contributed by atoms with Crippen LogP contribution in [0.1, 0.15) is 11.1 Å². The molecule has 0 unspecified atom stereocenters. The molecule has 2 rings (SSSR count). The van der Waals surface area contributed by atoms with Gasteiger partial charge in [-0.25, -0.2) is 12.8 Å². The minimum absolute atomic E-state index is 0.0178. The highest BCUT2D eigenvalue weighted by molar-refractivity contribution is 9.10. The molecule has 2 aromatic rings. The predicted molar refractivity (Wildman–Crippen MR) is 85.8 cm³/mol. The lowest BCUT2D eigenvalue weighted by atomic mass is 10.2. The summed E-state index contributed by atoms with van der Waals surface area (Å²) in [6.45, 7) is 3.51. The van der Waals surface area contributed by atoms with Crippen molar-refractivity contribution in [1.29, 1.82) is 0 Å². The van der Waals surface area contributed by atoms with Gasteiger partial charge in [-0.3, -0.25) is 4.72 Å². The summed E-state index contributed by atoms with van der Waals surface area (Å²) in [6.07, 6.45) is 0. The van der Waals surface area contributed by atoms with E-state index in [2.05, 4.69) is 20.7 Å². The van der Waals surface area contributed by atoms with Crippen LogP contribution in [0.2, 0.25) is 5.02 Å². The van der Waals surface area contributed by atoms with Crippen LogP contribution in [-0.2, 0) is 10.0 Å². The van der Waals surface area contributed by atoms with Crippen molar-refractivity contribution in [3.8, 4) is 0 Å². The highest BCUT2D eigenvalue weighted by Crippen LogP contribution is 2.33. The van der Waals surface area contributed by atoms with Gasteiger partial charge in [0, 0.05) is 4.47 Å². The molecule has 0 fully saturated rings. The number of hydrogen-bond donors (Lipinski definition) is 1. The Morgan fingerprint density at radius 1 is 1.19 bits per heavy atom. The Balaban J connectivity index is 2.50. The van der Waals surface area contributed by atoms with E-state index in [0.29, 0.717) is 5.56 Å². The fourth-order valence-corrected chi connectivity index (χ4v) is 4.34. The standard InChI is InChI=1S/C14H12BrClFNO2S/c1-8-3-4-9(2)13(5-8)21(19,20)18-14-11(15)6-10(17)7-12(14)16/h3-7,18H,1-2H3. The minimum Gasteiger partial charge on any atom is -0.277 e. The van der Waals surface area contributed by atoms with Crippen molar-refractivity contribution >= 4 is 43.2 Å². The van der Waals surface area contributed by atoms with Crippen molar-refractivity contribution < 1.29 is 12.8 Å². The topological polar surface area (TPSA) is 46.2 Å². The van der Waals surface area contributed by atoms with Crippen LogP contribution in [0.3, 0.4) is 0 Å². The zero-order valence-corrected chi connectivity index (χ0v) is 14.4. The van der Waals surface area contributed by atoms with Crippen LogP contribution >= 0.6 is 27.5 Å². The third-order valence-corrected chi connectivity index (χ3v) is 5.29. The van der Waals surface area contributed by atoms with Crippen LogP contribution in [0.15, 0.2) is 39.7 Å². The summed E-state index contributed by atoms with van der Waals surface area (Å²) >= 11 is 9.01. The Kier molecular flexibility index (Phi) is 4.60. The Morgan fingerprint density at radius 2 is 1.86 bits per heavy atom. The molecule has 0 aliphatic rings. The van der Waals surface area contributed by atoms with E-state index in [9.17, 15) is 12.8 Å². The minimum atomic E-state index is -3.81. The van der Waals surface area contributed by atoms with E-state index >= 15 is 0 Å². The largest absolute Gasteiger partial charge is 0.277 e. The Labute approximate surface area is 136 Å². The van der Waals surface area contributed by atoms with Crippen LogP contribution in [0.5, 0.6) is 0 Å². The van der Waals surface area contributed by atoms with E-state index in [-0.39, 0.29) is 20.1 Å². The number of rotatable bonds is 3. The van der Waals surface area contributed by atoms with Crippen molar-refractivity contribution in [2.75, 3.05) is 4.72 Å². The molecule has 0 saturated carbocycles. The monoisotopic (exact) mass is 391 g/mol. The van der Waals surface area contributed by atoms with Crippen molar-refractivity contribution in [1.82, 2.24) is 0 Å². The molecule has 0 aliphatic carbocycles. The van der Waals surface area contributed by atoms with Crippen LogP contribution < -0.4 is 4.72 Å². The first kappa shape index (κ1) is 16.3. The lowest BCUT2D eigenvalue weighted by Crippen LogP contribution is -2.15. The molecule has 0 aromatic heterocycles. The number of nitrogens with one attached hydrogen (secondary N) is 1. The molecule has 0 spiro atoms. The molecular weight excluding hydrogens is 381 g/mol. The number of sulfonamides is 1. The average molecular weight is 393 g/mol. The summed E-state index contributed by atoms with van der Waals surface area (Å²) in [7, 11) is -3.81. The molecule has 0 atom stereocenters. The van der Waals surface area contributed by atoms with Crippen molar-refractivity contribution in [3.05, 3.63) is 56.8 Å². The molecule has 2 aromatic carbocycles. The van der Waals surface area contributed by atoms with E-state index < -0.39 is 15.8 Å². The molecule has 0 saturated heterocycles. The second kappa shape index (κ2) is 5.94. The number of benzene rings is 2. The van der Waals surface area contributed by atoms with Crippen molar-refractivity contribution in [3.63, 3.8) is 0 Å². The maximum atomic E-state index is 13.2. The van der Waals surface area contributed by atoms with Gasteiger partial charge in [0.25, 0.3) is 10.0 Å². The number of halogens is 3. The average Bonchev–Trinajstić information content (AvgIpc) is 2.36. The Bertz CT molecular complexity index is 786. The van der Waals surface area contributed by atoms with Crippen LogP contribution in [0.4, 0.5) is 10.1 Å². The fourth-order valence-electron chi connectivity index (χ4n) is 1.83. The molecule has 112 valence electrons. The predicted octanol–water partition coefficient (Wildman–Crippen LogP) is 4.66. The molecule has 0 heterocycles. The molecule has 0 bridgehead atoms. The summed E-state index contributed by atoms with van der Waals surface area (Å²) in [5.74, 6) is -0.554. The van der Waals surface area contributed by atoms with Crippen molar-refractivity contribution in [2.24, 2.45) is 0 Å². The molecule has 3 nitrogen and oxygen atoms in total. The lowest BCUT2D eigenvalue weighted by Gasteiger charge is -2.13. The van der Waals surface area contributed by atoms with Crippen LogP contribution in [-0.4, -0.2) is 8.42 Å². The summed E-state index contributed by atoms with van der Waals surface area (Å²) in [6, 6.07) is 7.32. The zero-order valence-electron chi connectivity index (χ0n) is 11.2. The van der Waals surface area contributed by atoms with Gasteiger partial charge in [-0.2, -0.15) is 0 Å². The first-order valence-corrected chi connectivity index (χ1v) is 8.61. The maximum Gasteiger partial charge on any atom is 0.262 e. The highest BCUT2D eigenvalue weighted by atomic mass is 79.9. The first-order chi connectivity index (χ1) is 9.70. The van der Waals surface area contributed by atoms with Crippen LogP contribution in [0, 0.1) is 19.7 Å². The van der Waals surface area contributed by atoms with E-state index in [1.54, 1.807) is 26.0 Å². The quantitative estimate of drug-likeness (QED) is 0.826. The van der Waals surface area contributed by atoms with Gasteiger partial charge in [-0.05, 0) is 59.1 Å². The number of aryl methyl sites for hydroxylation is 2. The van der Waals surface area contributed by atoms with Gasteiger partial charge in [0.15, 0.2) is 0 Å². The number of anilines is 1.